The highest BCUT2D eigenvalue weighted by molar-refractivity contribution is 6.01. The first-order valence-corrected chi connectivity index (χ1v) is 22.5. The number of rotatable bonds is 6. The van der Waals surface area contributed by atoms with Gasteiger partial charge in [-0.05, 0) is 106 Å². The van der Waals surface area contributed by atoms with Gasteiger partial charge in [0.2, 0.25) is 11.8 Å². The summed E-state index contributed by atoms with van der Waals surface area (Å²) in [5.41, 5.74) is 17.2. The van der Waals surface area contributed by atoms with Crippen molar-refractivity contribution in [2.45, 2.75) is 71.0 Å². The van der Waals surface area contributed by atoms with Crippen molar-refractivity contribution >= 4 is 68.1 Å². The monoisotopic (exact) mass is 917 g/mol. The number of benzene rings is 2. The van der Waals surface area contributed by atoms with Gasteiger partial charge < -0.3 is 45.9 Å². The Morgan fingerprint density at radius 3 is 1.57 bits per heavy atom. The Morgan fingerprint density at radius 2 is 1.10 bits per heavy atom. The molecule has 19 heteroatoms. The molecule has 1 saturated heterocycles. The van der Waals surface area contributed by atoms with Gasteiger partial charge in [0, 0.05) is 84.0 Å². The highest BCUT2D eigenvalue weighted by atomic mass is 19.1. The van der Waals surface area contributed by atoms with Crippen molar-refractivity contribution in [1.82, 2.24) is 24.8 Å². The number of hydrogen-bond donors (Lipinski definition) is 6. The zero-order chi connectivity index (χ0) is 46.8. The van der Waals surface area contributed by atoms with Gasteiger partial charge in [-0.1, -0.05) is 6.42 Å². The number of aromatic nitrogens is 4. The normalized spacial score (nSPS) is 16.2. The maximum Gasteiger partial charge on any atom is 0.413 e. The van der Waals surface area contributed by atoms with Gasteiger partial charge >= 0.3 is 12.2 Å². The summed E-state index contributed by atoms with van der Waals surface area (Å²) in [6.45, 7) is 7.90. The Kier molecular flexibility index (Phi) is 12.9. The van der Waals surface area contributed by atoms with Crippen LogP contribution < -0.4 is 42.2 Å². The molecule has 1 saturated carbocycles. The van der Waals surface area contributed by atoms with E-state index in [1.807, 2.05) is 20.9 Å². The molecule has 17 nitrogen and oxygen atoms in total. The number of pyridine rings is 4. The van der Waals surface area contributed by atoms with Crippen LogP contribution >= 0.6 is 0 Å². The van der Waals surface area contributed by atoms with E-state index in [4.69, 9.17) is 30.4 Å². The molecule has 4 aliphatic rings. The molecule has 350 valence electrons. The fraction of sp³-hybridized carbons (Fsp3) is 0.375. The minimum Gasteiger partial charge on any atom is -0.474 e. The number of likely N-dealkylation sites (tertiary alicyclic amines) is 1. The highest BCUT2D eigenvalue weighted by Crippen LogP contribution is 2.41. The molecular weight excluding hydrogens is 865 g/mol. The molecule has 7 heterocycles. The van der Waals surface area contributed by atoms with Gasteiger partial charge in [-0.15, -0.1) is 0 Å². The number of nitrogens with two attached hydrogens (primary N) is 2. The molecule has 2 aromatic carbocycles. The number of piperidine rings is 1. The summed E-state index contributed by atoms with van der Waals surface area (Å²) < 4.78 is 52.8. The minimum atomic E-state index is -0.558. The van der Waals surface area contributed by atoms with E-state index in [0.29, 0.717) is 93.5 Å². The molecular formula is C48H53F2N11O6. The number of nitrogen functional groups attached to an aromatic ring is 2. The fourth-order valence-electron chi connectivity index (χ4n) is 8.97. The third-order valence-electron chi connectivity index (χ3n) is 12.7. The molecule has 4 aromatic heterocycles. The number of halogens is 2. The second kappa shape index (κ2) is 19.3. The average molecular weight is 918 g/mol. The number of hydrogen-bond acceptors (Lipinski definition) is 15. The predicted molar refractivity (Wildman–Crippen MR) is 254 cm³/mol. The number of carbonyl (C=O) groups excluding carboxylic acids is 2. The lowest BCUT2D eigenvalue weighted by molar-refractivity contribution is 0.0661. The van der Waals surface area contributed by atoms with Crippen molar-refractivity contribution in [3.63, 3.8) is 0 Å². The number of carbonyl (C=O) groups is 2. The van der Waals surface area contributed by atoms with Gasteiger partial charge in [-0.3, -0.25) is 10.6 Å². The second-order valence-electron chi connectivity index (χ2n) is 17.2. The zero-order valence-corrected chi connectivity index (χ0v) is 37.6. The van der Waals surface area contributed by atoms with E-state index in [-0.39, 0.29) is 23.6 Å². The average Bonchev–Trinajstić information content (AvgIpc) is 3.33. The van der Waals surface area contributed by atoms with Gasteiger partial charge in [0.25, 0.3) is 0 Å². The van der Waals surface area contributed by atoms with Crippen molar-refractivity contribution in [2.24, 2.45) is 0 Å². The van der Waals surface area contributed by atoms with Crippen molar-refractivity contribution < 1.29 is 37.3 Å². The Hall–Kier alpha value is -7.28. The first kappa shape index (κ1) is 44.9. The van der Waals surface area contributed by atoms with Crippen LogP contribution in [0.15, 0.2) is 49.1 Å². The summed E-state index contributed by atoms with van der Waals surface area (Å²) in [4.78, 5) is 44.0. The summed E-state index contributed by atoms with van der Waals surface area (Å²) in [6, 6.07) is 6.71. The third-order valence-corrected chi connectivity index (χ3v) is 12.7. The van der Waals surface area contributed by atoms with Crippen molar-refractivity contribution in [3.8, 4) is 34.0 Å². The van der Waals surface area contributed by atoms with Crippen molar-refractivity contribution in [1.29, 1.82) is 0 Å². The lowest BCUT2D eigenvalue weighted by Gasteiger charge is -2.28. The summed E-state index contributed by atoms with van der Waals surface area (Å²) in [5, 5.41) is 14.1. The number of fused-ring (bicyclic) bond motifs is 4. The molecule has 0 bridgehead atoms. The first-order chi connectivity index (χ1) is 32.4. The first-order valence-electron chi connectivity index (χ1n) is 22.5. The van der Waals surface area contributed by atoms with Crippen molar-refractivity contribution in [3.05, 3.63) is 71.8 Å². The summed E-state index contributed by atoms with van der Waals surface area (Å²) in [7, 11) is 2.05. The number of nitrogens with zero attached hydrogens (tertiary/aromatic N) is 5. The SMILES string of the molecule is Cc1c(-c2cc3cc(NC(=O)OC4CCCCC4)ncc3c(N)c2F)cnc2c1NCCO2.Cc1c(-c2cc3cc(NC(=O)OC4CCN(C)CC4)ncc3c(N)c2F)cnc2c1NCCO2. The molecule has 1 aliphatic carbocycles. The molecule has 67 heavy (non-hydrogen) atoms. The van der Waals surface area contributed by atoms with E-state index in [0.717, 1.165) is 74.1 Å². The number of nitrogens with one attached hydrogen (secondary N) is 4. The van der Waals surface area contributed by atoms with Gasteiger partial charge in [-0.25, -0.2) is 38.3 Å². The van der Waals surface area contributed by atoms with Crippen LogP contribution in [0.1, 0.15) is 56.1 Å². The number of amides is 2. The maximum atomic E-state index is 15.3. The maximum absolute atomic E-state index is 15.3. The molecule has 0 unspecified atom stereocenters. The lowest BCUT2D eigenvalue weighted by atomic mass is 9.97. The Labute approximate surface area is 385 Å². The largest absolute Gasteiger partial charge is 0.474 e. The molecule has 0 radical (unpaired) electrons. The quantitative estimate of drug-likeness (QED) is 0.0859. The van der Waals surface area contributed by atoms with E-state index in [1.165, 1.54) is 18.8 Å². The third kappa shape index (κ3) is 9.54. The van der Waals surface area contributed by atoms with E-state index >= 15 is 8.78 Å². The Balaban J connectivity index is 0.000000168. The van der Waals surface area contributed by atoms with Crippen LogP contribution in [0.4, 0.5) is 52.8 Å². The van der Waals surface area contributed by atoms with Gasteiger partial charge in [0.05, 0.1) is 11.4 Å². The van der Waals surface area contributed by atoms with E-state index in [1.54, 1.807) is 36.7 Å². The molecule has 6 aromatic rings. The van der Waals surface area contributed by atoms with Gasteiger partial charge in [0.15, 0.2) is 11.6 Å². The predicted octanol–water partition coefficient (Wildman–Crippen LogP) is 8.79. The van der Waals surface area contributed by atoms with Crippen LogP contribution in [0.2, 0.25) is 0 Å². The van der Waals surface area contributed by atoms with Gasteiger partial charge in [0.1, 0.15) is 48.4 Å². The van der Waals surface area contributed by atoms with Crippen molar-refractivity contribution in [2.75, 3.05) is 79.2 Å². The molecule has 10 rings (SSSR count). The summed E-state index contributed by atoms with van der Waals surface area (Å²) >= 11 is 0. The zero-order valence-electron chi connectivity index (χ0n) is 37.6. The van der Waals surface area contributed by atoms with Crippen LogP contribution in [-0.2, 0) is 9.47 Å². The molecule has 0 spiro atoms. The fourth-order valence-corrected chi connectivity index (χ4v) is 8.97. The van der Waals surface area contributed by atoms with E-state index in [9.17, 15) is 9.59 Å². The summed E-state index contributed by atoms with van der Waals surface area (Å²) in [5.74, 6) is 0.541. The topological polar surface area (TPSA) is 226 Å². The molecule has 2 amide bonds. The molecule has 2 fully saturated rings. The van der Waals surface area contributed by atoms with Crippen LogP contribution in [0.5, 0.6) is 11.8 Å². The molecule has 8 N–H and O–H groups in total. The Morgan fingerprint density at radius 1 is 0.657 bits per heavy atom. The smallest absolute Gasteiger partial charge is 0.413 e. The highest BCUT2D eigenvalue weighted by Gasteiger charge is 2.25. The lowest BCUT2D eigenvalue weighted by Crippen LogP contribution is -2.36. The molecule has 3 aliphatic heterocycles. The standard InChI is InChI=1S/C24H27FN6O3.C24H26FN5O3/c1-13-17(11-29-23-22(13)27-5-8-33-23)16-9-14-10-19(28-12-18(14)21(26)20(16)25)30-24(32)34-15-3-6-31(2)7-4-15;1-13-17(11-29-23-22(13)27-7-8-32-23)16-9-14-10-19(28-12-18(14)21(26)20(16)25)30-24(31)33-15-5-3-2-4-6-15/h9-12,15,27H,3-8,26H2,1-2H3,(H,28,30,32);9-12,15,27H,2-8,26H2,1H3,(H,28,30,31). The Bertz CT molecular complexity index is 2870. The number of ether oxygens (including phenoxy) is 4. The van der Waals surface area contributed by atoms with E-state index in [2.05, 4.69) is 46.1 Å². The number of anilines is 6. The molecule has 0 atom stereocenters. The van der Waals surface area contributed by atoms with Crippen LogP contribution in [0.3, 0.4) is 0 Å². The van der Waals surface area contributed by atoms with E-state index < -0.39 is 23.8 Å². The van der Waals surface area contributed by atoms with Crippen LogP contribution in [-0.4, -0.2) is 95.7 Å². The van der Waals surface area contributed by atoms with Gasteiger partial charge in [-0.2, -0.15) is 0 Å². The summed E-state index contributed by atoms with van der Waals surface area (Å²) in [6.07, 6.45) is 11.5. The minimum absolute atomic E-state index is 0.00679. The van der Waals surface area contributed by atoms with Crippen LogP contribution in [0, 0.1) is 25.5 Å². The second-order valence-corrected chi connectivity index (χ2v) is 17.2. The van der Waals surface area contributed by atoms with Crippen LogP contribution in [0.25, 0.3) is 43.8 Å².